The zero-order valence-electron chi connectivity index (χ0n) is 13.1. The van der Waals surface area contributed by atoms with Gasteiger partial charge in [0.2, 0.25) is 5.91 Å². The lowest BCUT2D eigenvalue weighted by Gasteiger charge is -2.26. The summed E-state index contributed by atoms with van der Waals surface area (Å²) < 4.78 is 0. The second-order valence-corrected chi connectivity index (χ2v) is 6.38. The maximum absolute atomic E-state index is 11.9. The summed E-state index contributed by atoms with van der Waals surface area (Å²) in [4.78, 5) is 23.7. The van der Waals surface area contributed by atoms with E-state index in [0.29, 0.717) is 30.0 Å². The molecule has 0 atom stereocenters. The molecule has 1 fully saturated rings. The molecular formula is C17H23ClN2O3. The summed E-state index contributed by atoms with van der Waals surface area (Å²) in [5.74, 6) is -0.157. The highest BCUT2D eigenvalue weighted by atomic mass is 35.5. The molecule has 1 aliphatic carbocycles. The van der Waals surface area contributed by atoms with Gasteiger partial charge in [0.15, 0.2) is 0 Å². The molecule has 23 heavy (non-hydrogen) atoms. The first kappa shape index (κ1) is 17.8. The predicted octanol–water partition coefficient (Wildman–Crippen LogP) is 2.27. The topological polar surface area (TPSA) is 78.4 Å². The highest BCUT2D eigenvalue weighted by Crippen LogP contribution is 2.18. The van der Waals surface area contributed by atoms with Gasteiger partial charge in [-0.2, -0.15) is 0 Å². The summed E-state index contributed by atoms with van der Waals surface area (Å²) in [6, 6.07) is 6.86. The highest BCUT2D eigenvalue weighted by Gasteiger charge is 2.20. The van der Waals surface area contributed by atoms with E-state index in [-0.39, 0.29) is 24.0 Å². The van der Waals surface area contributed by atoms with Crippen LogP contribution in [0.3, 0.4) is 0 Å². The molecule has 0 bridgehead atoms. The molecule has 2 amide bonds. The largest absolute Gasteiger partial charge is 0.393 e. The third kappa shape index (κ3) is 6.20. The van der Waals surface area contributed by atoms with Crippen LogP contribution in [-0.2, 0) is 4.79 Å². The van der Waals surface area contributed by atoms with Crippen molar-refractivity contribution in [3.05, 3.63) is 34.9 Å². The molecule has 126 valence electrons. The van der Waals surface area contributed by atoms with Crippen LogP contribution in [0.25, 0.3) is 0 Å². The molecule has 6 heteroatoms. The van der Waals surface area contributed by atoms with Gasteiger partial charge in [-0.05, 0) is 56.4 Å². The van der Waals surface area contributed by atoms with Crippen LogP contribution in [0.1, 0.15) is 48.9 Å². The maximum Gasteiger partial charge on any atom is 0.251 e. The zero-order chi connectivity index (χ0) is 16.7. The first-order valence-electron chi connectivity index (χ1n) is 8.06. The summed E-state index contributed by atoms with van der Waals surface area (Å²) in [7, 11) is 0. The Morgan fingerprint density at radius 3 is 2.43 bits per heavy atom. The van der Waals surface area contributed by atoms with E-state index in [2.05, 4.69) is 10.6 Å². The number of rotatable bonds is 6. The lowest BCUT2D eigenvalue weighted by molar-refractivity contribution is -0.122. The summed E-state index contributed by atoms with van der Waals surface area (Å²) in [6.45, 7) is 0.457. The quantitative estimate of drug-likeness (QED) is 0.696. The molecule has 0 aliphatic heterocycles. The molecule has 0 spiro atoms. The number of hydrogen-bond donors (Lipinski definition) is 3. The van der Waals surface area contributed by atoms with Crippen LogP contribution in [-0.4, -0.2) is 35.6 Å². The standard InChI is InChI=1S/C17H23ClN2O3/c18-13-5-3-12(4-6-13)17(23)19-11-1-2-16(22)20-14-7-9-15(21)10-8-14/h3-6,14-15,21H,1-2,7-11H2,(H,19,23)(H,20,22). The van der Waals surface area contributed by atoms with Gasteiger partial charge >= 0.3 is 0 Å². The van der Waals surface area contributed by atoms with Gasteiger partial charge in [0.25, 0.3) is 5.91 Å². The van der Waals surface area contributed by atoms with Crippen LogP contribution in [0.4, 0.5) is 0 Å². The fourth-order valence-corrected chi connectivity index (χ4v) is 2.80. The lowest BCUT2D eigenvalue weighted by atomic mass is 9.93. The van der Waals surface area contributed by atoms with Gasteiger partial charge in [0.1, 0.15) is 0 Å². The molecule has 2 rings (SSSR count). The van der Waals surface area contributed by atoms with E-state index >= 15 is 0 Å². The minimum absolute atomic E-state index is 0.00660. The summed E-state index contributed by atoms with van der Waals surface area (Å²) >= 11 is 5.78. The number of halogens is 1. The van der Waals surface area contributed by atoms with Gasteiger partial charge in [-0.1, -0.05) is 11.6 Å². The molecule has 1 aliphatic rings. The van der Waals surface area contributed by atoms with Crippen LogP contribution in [0.2, 0.25) is 5.02 Å². The van der Waals surface area contributed by atoms with E-state index in [1.54, 1.807) is 24.3 Å². The number of aliphatic hydroxyl groups excluding tert-OH is 1. The number of benzene rings is 1. The molecule has 3 N–H and O–H groups in total. The van der Waals surface area contributed by atoms with Crippen molar-refractivity contribution in [2.45, 2.75) is 50.7 Å². The van der Waals surface area contributed by atoms with Gasteiger partial charge in [-0.3, -0.25) is 9.59 Å². The Hall–Kier alpha value is -1.59. The number of hydrogen-bond acceptors (Lipinski definition) is 3. The van der Waals surface area contributed by atoms with Gasteiger partial charge in [0.05, 0.1) is 6.10 Å². The summed E-state index contributed by atoms with van der Waals surface area (Å²) in [5.41, 5.74) is 0.555. The Morgan fingerprint density at radius 2 is 1.78 bits per heavy atom. The van der Waals surface area contributed by atoms with Crippen LogP contribution < -0.4 is 10.6 Å². The SMILES string of the molecule is O=C(CCCNC(=O)c1ccc(Cl)cc1)NC1CCC(O)CC1. The Morgan fingerprint density at radius 1 is 1.13 bits per heavy atom. The van der Waals surface area contributed by atoms with E-state index < -0.39 is 0 Å². The first-order chi connectivity index (χ1) is 11.0. The summed E-state index contributed by atoms with van der Waals surface area (Å²) in [5, 5.41) is 15.8. The molecule has 0 aromatic heterocycles. The molecular weight excluding hydrogens is 316 g/mol. The van der Waals surface area contributed by atoms with Crippen LogP contribution in [0.15, 0.2) is 24.3 Å². The van der Waals surface area contributed by atoms with E-state index in [1.165, 1.54) is 0 Å². The maximum atomic E-state index is 11.9. The fraction of sp³-hybridized carbons (Fsp3) is 0.529. The second-order valence-electron chi connectivity index (χ2n) is 5.94. The molecule has 0 unspecified atom stereocenters. The van der Waals surface area contributed by atoms with Crippen molar-refractivity contribution in [1.82, 2.24) is 10.6 Å². The summed E-state index contributed by atoms with van der Waals surface area (Å²) in [6.07, 6.45) is 3.94. The fourth-order valence-electron chi connectivity index (χ4n) is 2.67. The smallest absolute Gasteiger partial charge is 0.251 e. The third-order valence-electron chi connectivity index (χ3n) is 4.03. The predicted molar refractivity (Wildman–Crippen MR) is 89.4 cm³/mol. The molecule has 0 radical (unpaired) electrons. The Labute approximate surface area is 141 Å². The Kier molecular flexibility index (Phi) is 6.86. The van der Waals surface area contributed by atoms with Crippen LogP contribution >= 0.6 is 11.6 Å². The highest BCUT2D eigenvalue weighted by molar-refractivity contribution is 6.30. The zero-order valence-corrected chi connectivity index (χ0v) is 13.8. The van der Waals surface area contributed by atoms with Gasteiger partial charge in [0, 0.05) is 29.6 Å². The van der Waals surface area contributed by atoms with Crippen molar-refractivity contribution in [1.29, 1.82) is 0 Å². The number of carbonyl (C=O) groups excluding carboxylic acids is 2. The Bertz CT molecular complexity index is 525. The second kappa shape index (κ2) is 8.89. The van der Waals surface area contributed by atoms with Gasteiger partial charge in [-0.25, -0.2) is 0 Å². The molecule has 1 aromatic carbocycles. The van der Waals surface area contributed by atoms with E-state index in [9.17, 15) is 14.7 Å². The minimum atomic E-state index is -0.216. The number of nitrogens with one attached hydrogen (secondary N) is 2. The van der Waals surface area contributed by atoms with Gasteiger partial charge in [-0.15, -0.1) is 0 Å². The minimum Gasteiger partial charge on any atom is -0.393 e. The lowest BCUT2D eigenvalue weighted by Crippen LogP contribution is -2.38. The average molecular weight is 339 g/mol. The normalized spacial score (nSPS) is 20.8. The van der Waals surface area contributed by atoms with Crippen molar-refractivity contribution in [2.75, 3.05) is 6.54 Å². The van der Waals surface area contributed by atoms with Crippen molar-refractivity contribution < 1.29 is 14.7 Å². The van der Waals surface area contributed by atoms with Crippen molar-refractivity contribution >= 4 is 23.4 Å². The Balaban J connectivity index is 1.60. The molecule has 0 heterocycles. The van der Waals surface area contributed by atoms with Crippen molar-refractivity contribution in [3.63, 3.8) is 0 Å². The third-order valence-corrected chi connectivity index (χ3v) is 4.29. The number of carbonyl (C=O) groups is 2. The average Bonchev–Trinajstić information content (AvgIpc) is 2.54. The number of aliphatic hydroxyl groups is 1. The van der Waals surface area contributed by atoms with E-state index in [4.69, 9.17) is 11.6 Å². The van der Waals surface area contributed by atoms with Crippen LogP contribution in [0, 0.1) is 0 Å². The van der Waals surface area contributed by atoms with Gasteiger partial charge < -0.3 is 15.7 Å². The number of amides is 2. The van der Waals surface area contributed by atoms with Crippen molar-refractivity contribution in [2.24, 2.45) is 0 Å². The molecule has 1 saturated carbocycles. The van der Waals surface area contributed by atoms with E-state index in [1.807, 2.05) is 0 Å². The van der Waals surface area contributed by atoms with Crippen LogP contribution in [0.5, 0.6) is 0 Å². The van der Waals surface area contributed by atoms with Crippen molar-refractivity contribution in [3.8, 4) is 0 Å². The molecule has 0 saturated heterocycles. The first-order valence-corrected chi connectivity index (χ1v) is 8.43. The molecule has 5 nitrogen and oxygen atoms in total. The molecule has 1 aromatic rings. The monoisotopic (exact) mass is 338 g/mol. The van der Waals surface area contributed by atoms with E-state index in [0.717, 1.165) is 25.7 Å².